The molecule has 0 spiro atoms. The number of rotatable bonds is 3. The number of para-hydroxylation sites is 1. The molecule has 10 heteroatoms. The van der Waals surface area contributed by atoms with E-state index in [2.05, 4.69) is 25.0 Å². The average Bonchev–Trinajstić information content (AvgIpc) is 3.43. The van der Waals surface area contributed by atoms with Gasteiger partial charge in [-0.15, -0.1) is 0 Å². The zero-order valence-electron chi connectivity index (χ0n) is 16.2. The standard InChI is InChI=1S/C19H19N7O3/c1-10-22-17(25(2)24-10)19(27)26-8-7-11-14(21-9-20-11)15(26)18-23-12-5-4-6-13(28-3)16(12)29-18/h4-6,9,15H,7-8H2,1-3H3,(H,20,21)/t15-/m0/s1. The topological polar surface area (TPSA) is 115 Å². The Hall–Kier alpha value is -3.69. The van der Waals surface area contributed by atoms with E-state index < -0.39 is 6.04 Å². The number of fused-ring (bicyclic) bond motifs is 2. The number of carbonyl (C=O) groups is 1. The molecule has 0 radical (unpaired) electrons. The Morgan fingerprint density at radius 2 is 2.21 bits per heavy atom. The fourth-order valence-electron chi connectivity index (χ4n) is 3.79. The van der Waals surface area contributed by atoms with Crippen LogP contribution in [0.1, 0.15) is 39.8 Å². The van der Waals surface area contributed by atoms with Crippen molar-refractivity contribution in [2.75, 3.05) is 13.7 Å². The highest BCUT2D eigenvalue weighted by Gasteiger charge is 2.39. The van der Waals surface area contributed by atoms with E-state index in [1.165, 1.54) is 4.68 Å². The predicted octanol–water partition coefficient (Wildman–Crippen LogP) is 1.78. The zero-order valence-corrected chi connectivity index (χ0v) is 16.2. The van der Waals surface area contributed by atoms with E-state index in [0.717, 1.165) is 5.69 Å². The van der Waals surface area contributed by atoms with Crippen molar-refractivity contribution < 1.29 is 13.9 Å². The first-order chi connectivity index (χ1) is 14.1. The van der Waals surface area contributed by atoms with Crippen LogP contribution in [-0.2, 0) is 13.5 Å². The van der Waals surface area contributed by atoms with Crippen LogP contribution >= 0.6 is 0 Å². The van der Waals surface area contributed by atoms with E-state index in [4.69, 9.17) is 9.15 Å². The van der Waals surface area contributed by atoms with Crippen molar-refractivity contribution in [2.45, 2.75) is 19.4 Å². The lowest BCUT2D eigenvalue weighted by atomic mass is 10.0. The van der Waals surface area contributed by atoms with Crippen molar-refractivity contribution in [1.29, 1.82) is 0 Å². The average molecular weight is 393 g/mol. The van der Waals surface area contributed by atoms with Crippen molar-refractivity contribution in [3.8, 4) is 5.75 Å². The quantitative estimate of drug-likeness (QED) is 0.564. The number of imidazole rings is 1. The van der Waals surface area contributed by atoms with Crippen LogP contribution in [-0.4, -0.2) is 54.2 Å². The first-order valence-corrected chi connectivity index (χ1v) is 9.21. The van der Waals surface area contributed by atoms with Crippen LogP contribution in [0.25, 0.3) is 11.1 Å². The summed E-state index contributed by atoms with van der Waals surface area (Å²) in [6.45, 7) is 2.23. The maximum Gasteiger partial charge on any atom is 0.292 e. The number of nitrogens with one attached hydrogen (secondary N) is 1. The number of methoxy groups -OCH3 is 1. The number of aromatic nitrogens is 6. The maximum absolute atomic E-state index is 13.4. The first-order valence-electron chi connectivity index (χ1n) is 9.21. The van der Waals surface area contributed by atoms with Crippen LogP contribution in [0.2, 0.25) is 0 Å². The second-order valence-electron chi connectivity index (χ2n) is 6.88. The lowest BCUT2D eigenvalue weighted by Gasteiger charge is -2.32. The zero-order chi connectivity index (χ0) is 20.1. The summed E-state index contributed by atoms with van der Waals surface area (Å²) in [5.74, 6) is 1.52. The molecular weight excluding hydrogens is 374 g/mol. The number of hydrogen-bond donors (Lipinski definition) is 1. The van der Waals surface area contributed by atoms with Crippen LogP contribution < -0.4 is 4.74 Å². The first kappa shape index (κ1) is 17.4. The molecule has 0 bridgehead atoms. The SMILES string of the molecule is COc1cccc2nc([C@@H]3c4nc[nH]c4CCN3C(=O)c3nc(C)nn3C)oc12. The summed E-state index contributed by atoms with van der Waals surface area (Å²) in [6, 6.07) is 4.92. The van der Waals surface area contributed by atoms with Crippen molar-refractivity contribution in [2.24, 2.45) is 7.05 Å². The summed E-state index contributed by atoms with van der Waals surface area (Å²) >= 11 is 0. The van der Waals surface area contributed by atoms with Gasteiger partial charge in [0.15, 0.2) is 17.4 Å². The largest absolute Gasteiger partial charge is 0.493 e. The minimum absolute atomic E-state index is 0.249. The molecular formula is C19H19N7O3. The third-order valence-electron chi connectivity index (χ3n) is 5.10. The van der Waals surface area contributed by atoms with Gasteiger partial charge in [-0.05, 0) is 19.1 Å². The van der Waals surface area contributed by atoms with Gasteiger partial charge in [0.05, 0.1) is 19.1 Å². The number of amides is 1. The van der Waals surface area contributed by atoms with Crippen molar-refractivity contribution >= 4 is 17.0 Å². The molecule has 1 aromatic carbocycles. The third-order valence-corrected chi connectivity index (χ3v) is 5.10. The molecule has 1 N–H and O–H groups in total. The minimum atomic E-state index is -0.577. The molecule has 4 aromatic rings. The predicted molar refractivity (Wildman–Crippen MR) is 101 cm³/mol. The minimum Gasteiger partial charge on any atom is -0.493 e. The molecule has 29 heavy (non-hydrogen) atoms. The number of ether oxygens (including phenoxy) is 1. The number of oxazole rings is 1. The maximum atomic E-state index is 13.4. The summed E-state index contributed by atoms with van der Waals surface area (Å²) in [4.78, 5) is 31.6. The van der Waals surface area contributed by atoms with Gasteiger partial charge in [-0.1, -0.05) is 6.07 Å². The Morgan fingerprint density at radius 1 is 1.34 bits per heavy atom. The monoisotopic (exact) mass is 393 g/mol. The van der Waals surface area contributed by atoms with Crippen molar-refractivity contribution in [3.63, 3.8) is 0 Å². The fourth-order valence-corrected chi connectivity index (χ4v) is 3.79. The van der Waals surface area contributed by atoms with Gasteiger partial charge in [0, 0.05) is 25.7 Å². The third kappa shape index (κ3) is 2.67. The Balaban J connectivity index is 1.65. The lowest BCUT2D eigenvalue weighted by molar-refractivity contribution is 0.0649. The van der Waals surface area contributed by atoms with Crippen molar-refractivity contribution in [1.82, 2.24) is 34.6 Å². The number of aromatic amines is 1. The van der Waals surface area contributed by atoms with Crippen LogP contribution in [0.4, 0.5) is 0 Å². The van der Waals surface area contributed by atoms with E-state index in [-0.39, 0.29) is 11.7 Å². The second-order valence-corrected chi connectivity index (χ2v) is 6.88. The molecule has 0 saturated carbocycles. The van der Waals surface area contributed by atoms with Crippen LogP contribution in [0.3, 0.4) is 0 Å². The molecule has 0 aliphatic carbocycles. The summed E-state index contributed by atoms with van der Waals surface area (Å²) in [5.41, 5.74) is 2.87. The summed E-state index contributed by atoms with van der Waals surface area (Å²) in [6.07, 6.45) is 2.28. The highest BCUT2D eigenvalue weighted by atomic mass is 16.5. The van der Waals surface area contributed by atoms with E-state index in [1.54, 1.807) is 32.3 Å². The van der Waals surface area contributed by atoms with Gasteiger partial charge in [-0.3, -0.25) is 4.79 Å². The number of carbonyl (C=O) groups excluding carboxylic acids is 1. The Morgan fingerprint density at radius 3 is 2.97 bits per heavy atom. The molecule has 0 fully saturated rings. The van der Waals surface area contributed by atoms with Gasteiger partial charge >= 0.3 is 0 Å². The van der Waals surface area contributed by atoms with Gasteiger partial charge in [0.2, 0.25) is 11.7 Å². The fraction of sp³-hybridized carbons (Fsp3) is 0.316. The highest BCUT2D eigenvalue weighted by molar-refractivity contribution is 5.91. The molecule has 0 saturated heterocycles. The molecule has 1 amide bonds. The molecule has 4 heterocycles. The number of H-pyrrole nitrogens is 1. The summed E-state index contributed by atoms with van der Waals surface area (Å²) in [7, 11) is 3.28. The molecule has 5 rings (SSSR count). The van der Waals surface area contributed by atoms with E-state index in [0.29, 0.717) is 47.2 Å². The van der Waals surface area contributed by atoms with Gasteiger partial charge in [-0.25, -0.2) is 19.6 Å². The molecule has 0 unspecified atom stereocenters. The highest BCUT2D eigenvalue weighted by Crippen LogP contribution is 2.37. The van der Waals surface area contributed by atoms with Crippen LogP contribution in [0.15, 0.2) is 28.9 Å². The Kier molecular flexibility index (Phi) is 3.86. The summed E-state index contributed by atoms with van der Waals surface area (Å²) in [5, 5.41) is 4.20. The molecule has 3 aromatic heterocycles. The smallest absolute Gasteiger partial charge is 0.292 e. The second kappa shape index (κ2) is 6.43. The Labute approximate surface area is 165 Å². The van der Waals surface area contributed by atoms with Crippen molar-refractivity contribution in [3.05, 3.63) is 53.5 Å². The van der Waals surface area contributed by atoms with Crippen LogP contribution in [0, 0.1) is 6.92 Å². The molecule has 1 atom stereocenters. The number of benzene rings is 1. The molecule has 148 valence electrons. The molecule has 10 nitrogen and oxygen atoms in total. The number of nitrogens with zero attached hydrogens (tertiary/aromatic N) is 6. The number of hydrogen-bond acceptors (Lipinski definition) is 7. The van der Waals surface area contributed by atoms with Gasteiger partial charge in [-0.2, -0.15) is 5.10 Å². The Bertz CT molecular complexity index is 1220. The molecule has 1 aliphatic heterocycles. The van der Waals surface area contributed by atoms with Gasteiger partial charge in [0.1, 0.15) is 11.3 Å². The van der Waals surface area contributed by atoms with E-state index >= 15 is 0 Å². The van der Waals surface area contributed by atoms with E-state index in [1.807, 2.05) is 18.2 Å². The van der Waals surface area contributed by atoms with Gasteiger partial charge in [0.25, 0.3) is 5.91 Å². The lowest BCUT2D eigenvalue weighted by Crippen LogP contribution is -2.42. The van der Waals surface area contributed by atoms with Gasteiger partial charge < -0.3 is 19.0 Å². The van der Waals surface area contributed by atoms with Crippen LogP contribution in [0.5, 0.6) is 5.75 Å². The van der Waals surface area contributed by atoms with E-state index in [9.17, 15) is 4.79 Å². The molecule has 1 aliphatic rings. The number of aryl methyl sites for hydroxylation is 2. The normalized spacial score (nSPS) is 16.2. The summed E-state index contributed by atoms with van der Waals surface area (Å²) < 4.78 is 13.0.